The number of nitrogens with two attached hydrogens (primary N) is 1. The van der Waals surface area contributed by atoms with Crippen molar-refractivity contribution in [2.75, 3.05) is 0 Å². The lowest BCUT2D eigenvalue weighted by Gasteiger charge is -2.42. The molecule has 0 radical (unpaired) electrons. The van der Waals surface area contributed by atoms with E-state index < -0.39 is 0 Å². The molecule has 0 aliphatic heterocycles. The van der Waals surface area contributed by atoms with Crippen molar-refractivity contribution in [1.82, 2.24) is 5.43 Å². The van der Waals surface area contributed by atoms with Gasteiger partial charge >= 0.3 is 0 Å². The molecule has 1 saturated carbocycles. The molecule has 0 heterocycles. The first-order valence-corrected chi connectivity index (χ1v) is 7.33. The summed E-state index contributed by atoms with van der Waals surface area (Å²) in [5.41, 5.74) is 6.18. The molecule has 0 amide bonds. The van der Waals surface area contributed by atoms with Gasteiger partial charge in [0.15, 0.2) is 0 Å². The second-order valence-electron chi connectivity index (χ2n) is 6.23. The fourth-order valence-electron chi connectivity index (χ4n) is 4.01. The van der Waals surface area contributed by atoms with E-state index in [1.807, 2.05) is 0 Å². The van der Waals surface area contributed by atoms with Crippen molar-refractivity contribution in [2.45, 2.75) is 51.0 Å². The summed E-state index contributed by atoms with van der Waals surface area (Å²) in [6.07, 6.45) is 6.66. The zero-order valence-electron chi connectivity index (χ0n) is 11.2. The van der Waals surface area contributed by atoms with E-state index in [1.54, 1.807) is 0 Å². The number of hydrogen-bond donors (Lipinski definition) is 2. The van der Waals surface area contributed by atoms with Gasteiger partial charge in [0.1, 0.15) is 0 Å². The van der Waals surface area contributed by atoms with Crippen molar-refractivity contribution in [1.29, 1.82) is 0 Å². The minimum Gasteiger partial charge on any atom is -0.271 e. The first-order chi connectivity index (χ1) is 8.79. The average molecular weight is 244 g/mol. The van der Waals surface area contributed by atoms with Crippen molar-refractivity contribution >= 4 is 0 Å². The Kier molecular flexibility index (Phi) is 3.40. The molecular formula is C16H24N2. The van der Waals surface area contributed by atoms with Gasteiger partial charge in [0.2, 0.25) is 0 Å². The van der Waals surface area contributed by atoms with Crippen LogP contribution in [0.5, 0.6) is 0 Å². The molecule has 18 heavy (non-hydrogen) atoms. The van der Waals surface area contributed by atoms with Gasteiger partial charge in [-0.15, -0.1) is 0 Å². The highest BCUT2D eigenvalue weighted by Crippen LogP contribution is 2.43. The van der Waals surface area contributed by atoms with Crippen molar-refractivity contribution in [3.8, 4) is 0 Å². The second kappa shape index (κ2) is 5.02. The lowest BCUT2D eigenvalue weighted by Crippen LogP contribution is -2.49. The Morgan fingerprint density at radius 2 is 2.11 bits per heavy atom. The zero-order chi connectivity index (χ0) is 12.5. The van der Waals surface area contributed by atoms with E-state index >= 15 is 0 Å². The van der Waals surface area contributed by atoms with Crippen molar-refractivity contribution in [2.24, 2.45) is 17.7 Å². The summed E-state index contributed by atoms with van der Waals surface area (Å²) >= 11 is 0. The summed E-state index contributed by atoms with van der Waals surface area (Å²) in [5, 5.41) is 0. The van der Waals surface area contributed by atoms with E-state index in [9.17, 15) is 0 Å². The van der Waals surface area contributed by atoms with Gasteiger partial charge in [-0.25, -0.2) is 0 Å². The van der Waals surface area contributed by atoms with Crippen LogP contribution in [0.15, 0.2) is 24.3 Å². The van der Waals surface area contributed by atoms with Crippen LogP contribution in [0.1, 0.15) is 49.7 Å². The Hall–Kier alpha value is -0.860. The molecule has 3 rings (SSSR count). The maximum absolute atomic E-state index is 5.87. The fraction of sp³-hybridized carbons (Fsp3) is 0.625. The Morgan fingerprint density at radius 1 is 1.28 bits per heavy atom. The summed E-state index contributed by atoms with van der Waals surface area (Å²) in [6, 6.07) is 9.30. The number of hydrogen-bond acceptors (Lipinski definition) is 2. The van der Waals surface area contributed by atoms with Crippen LogP contribution in [0.3, 0.4) is 0 Å². The van der Waals surface area contributed by atoms with Gasteiger partial charge < -0.3 is 0 Å². The average Bonchev–Trinajstić information content (AvgIpc) is 2.36. The molecule has 3 N–H and O–H groups in total. The standard InChI is InChI=1S/C16H24N2/c1-11-5-4-7-13(9-11)16(18-17)15-10-12-6-2-3-8-14(12)15/h2-3,6,8,11,13,15-16,18H,4-5,7,9-10,17H2,1H3. The summed E-state index contributed by atoms with van der Waals surface area (Å²) in [7, 11) is 0. The molecule has 1 fully saturated rings. The number of rotatable bonds is 3. The minimum absolute atomic E-state index is 0.475. The molecule has 98 valence electrons. The van der Waals surface area contributed by atoms with Gasteiger partial charge in [-0.1, -0.05) is 44.0 Å². The highest BCUT2D eigenvalue weighted by atomic mass is 15.2. The van der Waals surface area contributed by atoms with Crippen LogP contribution in [0.4, 0.5) is 0 Å². The van der Waals surface area contributed by atoms with E-state index in [0.29, 0.717) is 12.0 Å². The second-order valence-corrected chi connectivity index (χ2v) is 6.23. The summed E-state index contributed by atoms with van der Waals surface area (Å²) in [4.78, 5) is 0. The molecule has 0 saturated heterocycles. The highest BCUT2D eigenvalue weighted by Gasteiger charge is 2.37. The Bertz CT molecular complexity index is 415. The molecule has 1 aromatic rings. The lowest BCUT2D eigenvalue weighted by atomic mass is 9.66. The fourth-order valence-corrected chi connectivity index (χ4v) is 4.01. The van der Waals surface area contributed by atoms with Gasteiger partial charge in [-0.2, -0.15) is 0 Å². The lowest BCUT2D eigenvalue weighted by molar-refractivity contribution is 0.194. The maximum Gasteiger partial charge on any atom is 0.0310 e. The maximum atomic E-state index is 5.87. The van der Waals surface area contributed by atoms with Crippen LogP contribution < -0.4 is 11.3 Å². The van der Waals surface area contributed by atoms with E-state index in [0.717, 1.165) is 11.8 Å². The predicted molar refractivity (Wildman–Crippen MR) is 75.1 cm³/mol. The van der Waals surface area contributed by atoms with Crippen molar-refractivity contribution in [3.63, 3.8) is 0 Å². The number of fused-ring (bicyclic) bond motifs is 1. The molecular weight excluding hydrogens is 220 g/mol. The normalized spacial score (nSPS) is 32.4. The van der Waals surface area contributed by atoms with Crippen LogP contribution in [0, 0.1) is 11.8 Å². The topological polar surface area (TPSA) is 38.0 Å². The molecule has 4 atom stereocenters. The van der Waals surface area contributed by atoms with Crippen LogP contribution >= 0.6 is 0 Å². The zero-order valence-corrected chi connectivity index (χ0v) is 11.2. The van der Waals surface area contributed by atoms with Gasteiger partial charge in [0.25, 0.3) is 0 Å². The minimum atomic E-state index is 0.475. The molecule has 2 aliphatic rings. The summed E-state index contributed by atoms with van der Waals surface area (Å²) in [5.74, 6) is 8.14. The highest BCUT2D eigenvalue weighted by molar-refractivity contribution is 5.41. The van der Waals surface area contributed by atoms with Gasteiger partial charge in [-0.3, -0.25) is 11.3 Å². The Labute approximate surface area is 110 Å². The predicted octanol–water partition coefficient (Wildman–Crippen LogP) is 2.98. The van der Waals surface area contributed by atoms with Crippen LogP contribution in [-0.4, -0.2) is 6.04 Å². The van der Waals surface area contributed by atoms with Crippen LogP contribution in [-0.2, 0) is 6.42 Å². The molecule has 0 bridgehead atoms. The Morgan fingerprint density at radius 3 is 2.83 bits per heavy atom. The Balaban J connectivity index is 1.74. The molecule has 2 nitrogen and oxygen atoms in total. The van der Waals surface area contributed by atoms with Crippen molar-refractivity contribution in [3.05, 3.63) is 35.4 Å². The first-order valence-electron chi connectivity index (χ1n) is 7.33. The third kappa shape index (κ3) is 2.08. The summed E-state index contributed by atoms with van der Waals surface area (Å²) in [6.45, 7) is 2.38. The van der Waals surface area contributed by atoms with Crippen molar-refractivity contribution < 1.29 is 0 Å². The van der Waals surface area contributed by atoms with E-state index in [-0.39, 0.29) is 0 Å². The number of hydrazine groups is 1. The monoisotopic (exact) mass is 244 g/mol. The number of nitrogens with one attached hydrogen (secondary N) is 1. The largest absolute Gasteiger partial charge is 0.271 e. The molecule has 0 aromatic heterocycles. The van der Waals surface area contributed by atoms with Gasteiger partial charge in [-0.05, 0) is 42.2 Å². The quantitative estimate of drug-likeness (QED) is 0.633. The summed E-state index contributed by atoms with van der Waals surface area (Å²) < 4.78 is 0. The van der Waals surface area contributed by atoms with Gasteiger partial charge in [0.05, 0.1) is 0 Å². The van der Waals surface area contributed by atoms with E-state index in [4.69, 9.17) is 5.84 Å². The molecule has 1 aromatic carbocycles. The number of benzene rings is 1. The molecule has 0 spiro atoms. The molecule has 2 heteroatoms. The molecule has 4 unspecified atom stereocenters. The van der Waals surface area contributed by atoms with E-state index in [2.05, 4.69) is 36.6 Å². The molecule has 2 aliphatic carbocycles. The van der Waals surface area contributed by atoms with Crippen LogP contribution in [0.25, 0.3) is 0 Å². The third-order valence-corrected chi connectivity index (χ3v) is 5.01. The SMILES string of the molecule is CC1CCCC(C(NN)C2Cc3ccccc32)C1. The third-order valence-electron chi connectivity index (χ3n) is 5.01. The van der Waals surface area contributed by atoms with E-state index in [1.165, 1.54) is 43.2 Å². The smallest absolute Gasteiger partial charge is 0.0310 e. The first kappa shape index (κ1) is 12.2. The van der Waals surface area contributed by atoms with Gasteiger partial charge in [0, 0.05) is 12.0 Å². The van der Waals surface area contributed by atoms with Crippen LogP contribution in [0.2, 0.25) is 0 Å².